The first-order chi connectivity index (χ1) is 7.89. The van der Waals surface area contributed by atoms with Gasteiger partial charge in [0.1, 0.15) is 6.54 Å². The van der Waals surface area contributed by atoms with Crippen LogP contribution in [0, 0.1) is 0 Å². The summed E-state index contributed by atoms with van der Waals surface area (Å²) < 4.78 is 1.54. The molecule has 96 valence electrons. The zero-order valence-electron chi connectivity index (χ0n) is 10.6. The molecular weight excluding hydrogens is 220 g/mol. The second kappa shape index (κ2) is 5.79. The van der Waals surface area contributed by atoms with Gasteiger partial charge in [0.25, 0.3) is 0 Å². The summed E-state index contributed by atoms with van der Waals surface area (Å²) in [6, 6.07) is 1.76. The van der Waals surface area contributed by atoms with Crippen LogP contribution in [0.3, 0.4) is 0 Å². The molecule has 6 nitrogen and oxygen atoms in total. The topological polar surface area (TPSA) is 70.4 Å². The van der Waals surface area contributed by atoms with Crippen molar-refractivity contribution in [1.82, 2.24) is 20.0 Å². The van der Waals surface area contributed by atoms with E-state index in [-0.39, 0.29) is 19.0 Å². The van der Waals surface area contributed by atoms with Gasteiger partial charge in [0.15, 0.2) is 0 Å². The first kappa shape index (κ1) is 13.7. The van der Waals surface area contributed by atoms with Crippen molar-refractivity contribution in [1.29, 1.82) is 0 Å². The minimum atomic E-state index is -0.927. The summed E-state index contributed by atoms with van der Waals surface area (Å²) in [5.74, 6) is -0.160. The van der Waals surface area contributed by atoms with Crippen LogP contribution in [-0.4, -0.2) is 58.5 Å². The average Bonchev–Trinajstić information content (AvgIpc) is 2.65. The predicted molar refractivity (Wildman–Crippen MR) is 64.4 cm³/mol. The zero-order valence-corrected chi connectivity index (χ0v) is 10.6. The molecule has 0 aromatic carbocycles. The highest BCUT2D eigenvalue weighted by Gasteiger charge is 2.21. The maximum Gasteiger partial charge on any atom is 0.241 e. The Bertz CT molecular complexity index is 346. The van der Waals surface area contributed by atoms with Crippen LogP contribution in [0.2, 0.25) is 0 Å². The van der Waals surface area contributed by atoms with Crippen LogP contribution >= 0.6 is 0 Å². The maximum atomic E-state index is 11.5. The number of amides is 1. The molecule has 0 bridgehead atoms. The van der Waals surface area contributed by atoms with Crippen LogP contribution in [0.15, 0.2) is 18.5 Å². The van der Waals surface area contributed by atoms with Crippen molar-refractivity contribution in [3.8, 4) is 0 Å². The number of aromatic nitrogens is 2. The van der Waals surface area contributed by atoms with Gasteiger partial charge in [-0.25, -0.2) is 0 Å². The Morgan fingerprint density at radius 3 is 2.82 bits per heavy atom. The first-order valence-electron chi connectivity index (χ1n) is 5.50. The van der Waals surface area contributed by atoms with E-state index in [2.05, 4.69) is 10.4 Å². The number of rotatable bonds is 6. The highest BCUT2D eigenvalue weighted by Crippen LogP contribution is 2.02. The van der Waals surface area contributed by atoms with Crippen molar-refractivity contribution in [3.63, 3.8) is 0 Å². The van der Waals surface area contributed by atoms with Crippen molar-refractivity contribution in [2.75, 3.05) is 27.2 Å². The molecule has 0 spiro atoms. The molecule has 0 aliphatic rings. The lowest BCUT2D eigenvalue weighted by atomic mass is 10.1. The van der Waals surface area contributed by atoms with Gasteiger partial charge in [0.2, 0.25) is 5.91 Å². The maximum absolute atomic E-state index is 11.5. The van der Waals surface area contributed by atoms with E-state index >= 15 is 0 Å². The third kappa shape index (κ3) is 5.46. The molecule has 1 rings (SSSR count). The van der Waals surface area contributed by atoms with Crippen molar-refractivity contribution < 1.29 is 9.90 Å². The van der Waals surface area contributed by atoms with Gasteiger partial charge in [-0.1, -0.05) is 0 Å². The normalized spacial score (nSPS) is 14.6. The summed E-state index contributed by atoms with van der Waals surface area (Å²) in [6.45, 7) is 2.59. The van der Waals surface area contributed by atoms with E-state index in [1.54, 1.807) is 25.4 Å². The van der Waals surface area contributed by atoms with Gasteiger partial charge in [-0.2, -0.15) is 5.10 Å². The second-order valence-corrected chi connectivity index (χ2v) is 4.72. The Labute approximate surface area is 101 Å². The van der Waals surface area contributed by atoms with Crippen LogP contribution in [-0.2, 0) is 11.3 Å². The predicted octanol–water partition coefficient (Wildman–Crippen LogP) is -0.688. The Morgan fingerprint density at radius 2 is 2.29 bits per heavy atom. The minimum absolute atomic E-state index is 0.160. The van der Waals surface area contributed by atoms with Crippen LogP contribution < -0.4 is 5.32 Å². The standard InChI is InChI=1S/C11H20N4O2/c1-11(17,9-14(2)3)8-12-10(16)7-15-6-4-5-13-15/h4-6,17H,7-9H2,1-3H3,(H,12,16). The molecule has 0 radical (unpaired) electrons. The number of hydrogen-bond donors (Lipinski definition) is 2. The highest BCUT2D eigenvalue weighted by atomic mass is 16.3. The third-order valence-corrected chi connectivity index (χ3v) is 2.19. The summed E-state index contributed by atoms with van der Waals surface area (Å²) >= 11 is 0. The molecule has 17 heavy (non-hydrogen) atoms. The summed E-state index contributed by atoms with van der Waals surface area (Å²) in [5.41, 5.74) is -0.927. The Balaban J connectivity index is 2.32. The van der Waals surface area contributed by atoms with Crippen LogP contribution in [0.1, 0.15) is 6.92 Å². The second-order valence-electron chi connectivity index (χ2n) is 4.72. The van der Waals surface area contributed by atoms with Gasteiger partial charge < -0.3 is 15.3 Å². The summed E-state index contributed by atoms with van der Waals surface area (Å²) in [5, 5.41) is 16.6. The molecule has 0 saturated carbocycles. The van der Waals surface area contributed by atoms with Crippen molar-refractivity contribution in [3.05, 3.63) is 18.5 Å². The molecule has 0 fully saturated rings. The molecule has 0 aliphatic carbocycles. The number of carbonyl (C=O) groups is 1. The number of nitrogens with one attached hydrogen (secondary N) is 1. The number of aliphatic hydroxyl groups is 1. The third-order valence-electron chi connectivity index (χ3n) is 2.19. The molecule has 0 saturated heterocycles. The smallest absolute Gasteiger partial charge is 0.241 e. The largest absolute Gasteiger partial charge is 0.387 e. The SMILES string of the molecule is CN(C)CC(C)(O)CNC(=O)Cn1cccn1. The van der Waals surface area contributed by atoms with Gasteiger partial charge in [0.05, 0.1) is 5.60 Å². The van der Waals surface area contributed by atoms with Crippen molar-refractivity contribution >= 4 is 5.91 Å². The minimum Gasteiger partial charge on any atom is -0.387 e. The molecule has 1 aromatic rings. The van der Waals surface area contributed by atoms with Gasteiger partial charge in [0, 0.05) is 25.5 Å². The number of carbonyl (C=O) groups excluding carboxylic acids is 1. The molecule has 1 amide bonds. The summed E-state index contributed by atoms with van der Waals surface area (Å²) in [4.78, 5) is 13.4. The Morgan fingerprint density at radius 1 is 1.59 bits per heavy atom. The van der Waals surface area contributed by atoms with E-state index in [0.717, 1.165) is 0 Å². The lowest BCUT2D eigenvalue weighted by Crippen LogP contribution is -2.47. The number of hydrogen-bond acceptors (Lipinski definition) is 4. The van der Waals surface area contributed by atoms with E-state index in [0.29, 0.717) is 6.54 Å². The molecule has 1 atom stereocenters. The first-order valence-corrected chi connectivity index (χ1v) is 5.50. The highest BCUT2D eigenvalue weighted by molar-refractivity contribution is 5.75. The number of likely N-dealkylation sites (N-methyl/N-ethyl adjacent to an activating group) is 1. The number of nitrogens with zero attached hydrogens (tertiary/aromatic N) is 3. The van der Waals surface area contributed by atoms with Gasteiger partial charge >= 0.3 is 0 Å². The fourth-order valence-corrected chi connectivity index (χ4v) is 1.62. The molecule has 2 N–H and O–H groups in total. The lowest BCUT2D eigenvalue weighted by molar-refractivity contribution is -0.123. The quantitative estimate of drug-likeness (QED) is 0.690. The summed E-state index contributed by atoms with van der Waals surface area (Å²) in [6.07, 6.45) is 3.34. The molecule has 6 heteroatoms. The average molecular weight is 240 g/mol. The van der Waals surface area contributed by atoms with E-state index in [9.17, 15) is 9.90 Å². The van der Waals surface area contributed by atoms with Crippen LogP contribution in [0.4, 0.5) is 0 Å². The van der Waals surface area contributed by atoms with Gasteiger partial charge in [-0.05, 0) is 27.1 Å². The fourth-order valence-electron chi connectivity index (χ4n) is 1.62. The van der Waals surface area contributed by atoms with Crippen molar-refractivity contribution in [2.24, 2.45) is 0 Å². The van der Waals surface area contributed by atoms with Gasteiger partial charge in [-0.3, -0.25) is 9.48 Å². The Kier molecular flexibility index (Phi) is 4.65. The van der Waals surface area contributed by atoms with Gasteiger partial charge in [-0.15, -0.1) is 0 Å². The fraction of sp³-hybridized carbons (Fsp3) is 0.636. The molecule has 1 aromatic heterocycles. The lowest BCUT2D eigenvalue weighted by Gasteiger charge is -2.27. The Hall–Kier alpha value is -1.40. The van der Waals surface area contributed by atoms with E-state index < -0.39 is 5.60 Å². The summed E-state index contributed by atoms with van der Waals surface area (Å²) in [7, 11) is 3.75. The van der Waals surface area contributed by atoms with Crippen molar-refractivity contribution in [2.45, 2.75) is 19.1 Å². The monoisotopic (exact) mass is 240 g/mol. The van der Waals surface area contributed by atoms with Crippen LogP contribution in [0.5, 0.6) is 0 Å². The van der Waals surface area contributed by atoms with E-state index in [1.165, 1.54) is 4.68 Å². The molecule has 1 heterocycles. The molecular formula is C11H20N4O2. The van der Waals surface area contributed by atoms with E-state index in [1.807, 2.05) is 19.0 Å². The van der Waals surface area contributed by atoms with Crippen LogP contribution in [0.25, 0.3) is 0 Å². The van der Waals surface area contributed by atoms with E-state index in [4.69, 9.17) is 0 Å². The molecule has 0 aliphatic heterocycles. The zero-order chi connectivity index (χ0) is 12.9. The molecule has 1 unspecified atom stereocenters.